The Bertz CT molecular complexity index is 838. The Morgan fingerprint density at radius 2 is 1.78 bits per heavy atom. The zero-order chi connectivity index (χ0) is 18.8. The molecule has 1 N–H and O–H groups in total. The molecule has 6 nitrogen and oxygen atoms in total. The van der Waals surface area contributed by atoms with Crippen LogP contribution in [0.2, 0.25) is 0 Å². The van der Waals surface area contributed by atoms with Crippen molar-refractivity contribution >= 4 is 22.8 Å². The Kier molecular flexibility index (Phi) is 5.14. The fraction of sp³-hybridized carbons (Fsp3) is 0.571. The number of rotatable bonds is 4. The predicted molar refractivity (Wildman–Crippen MR) is 104 cm³/mol. The van der Waals surface area contributed by atoms with Crippen molar-refractivity contribution in [2.45, 2.75) is 45.1 Å². The molecule has 144 valence electrons. The number of benzene rings is 1. The van der Waals surface area contributed by atoms with Gasteiger partial charge in [0.2, 0.25) is 11.8 Å². The number of hydrogen-bond donors (Lipinski definition) is 1. The number of imidazole rings is 1. The van der Waals surface area contributed by atoms with Crippen LogP contribution in [0.5, 0.6) is 0 Å². The largest absolute Gasteiger partial charge is 0.349 e. The third-order valence-electron chi connectivity index (χ3n) is 6.14. The number of carbonyl (C=O) groups excluding carboxylic acids is 2. The molecular weight excluding hydrogens is 340 g/mol. The number of nitrogens with zero attached hydrogens (tertiary/aromatic N) is 3. The van der Waals surface area contributed by atoms with E-state index in [2.05, 4.69) is 10.3 Å². The monoisotopic (exact) mass is 368 g/mol. The molecule has 1 aromatic heterocycles. The highest BCUT2D eigenvalue weighted by molar-refractivity contribution is 5.88. The average molecular weight is 368 g/mol. The zero-order valence-corrected chi connectivity index (χ0v) is 16.0. The summed E-state index contributed by atoms with van der Waals surface area (Å²) in [5.74, 6) is 0.663. The van der Waals surface area contributed by atoms with Gasteiger partial charge >= 0.3 is 0 Å². The first kappa shape index (κ1) is 18.0. The van der Waals surface area contributed by atoms with Crippen LogP contribution in [0.4, 0.5) is 0 Å². The van der Waals surface area contributed by atoms with Crippen molar-refractivity contribution in [3.63, 3.8) is 0 Å². The van der Waals surface area contributed by atoms with Crippen LogP contribution in [0.1, 0.15) is 44.3 Å². The summed E-state index contributed by atoms with van der Waals surface area (Å²) >= 11 is 0. The van der Waals surface area contributed by atoms with E-state index in [9.17, 15) is 9.59 Å². The summed E-state index contributed by atoms with van der Waals surface area (Å²) in [5, 5.41) is 3.05. The zero-order valence-electron chi connectivity index (χ0n) is 16.0. The van der Waals surface area contributed by atoms with Crippen molar-refractivity contribution in [2.24, 2.45) is 18.9 Å². The van der Waals surface area contributed by atoms with E-state index in [-0.39, 0.29) is 23.7 Å². The number of para-hydroxylation sites is 2. The predicted octanol–water partition coefficient (Wildman–Crippen LogP) is 2.62. The molecule has 1 aliphatic carbocycles. The van der Waals surface area contributed by atoms with Crippen molar-refractivity contribution in [3.8, 4) is 0 Å². The van der Waals surface area contributed by atoms with Crippen molar-refractivity contribution in [3.05, 3.63) is 30.1 Å². The molecule has 2 unspecified atom stereocenters. The maximum absolute atomic E-state index is 12.9. The summed E-state index contributed by atoms with van der Waals surface area (Å²) in [6.45, 7) is 2.10. The Balaban J connectivity index is 1.44. The molecule has 0 bridgehead atoms. The number of hydrogen-bond acceptors (Lipinski definition) is 3. The SMILES string of the molecule is Cn1c(CNC(=O)C2CCCCC2C(=O)N2CCCC2)nc2ccccc21. The quantitative estimate of drug-likeness (QED) is 0.902. The van der Waals surface area contributed by atoms with Crippen LogP contribution in [0.15, 0.2) is 24.3 Å². The Morgan fingerprint density at radius 1 is 1.07 bits per heavy atom. The van der Waals surface area contributed by atoms with Gasteiger partial charge in [-0.25, -0.2) is 4.98 Å². The number of aryl methyl sites for hydroxylation is 1. The number of likely N-dealkylation sites (tertiary alicyclic amines) is 1. The van der Waals surface area contributed by atoms with Gasteiger partial charge in [-0.05, 0) is 37.8 Å². The third kappa shape index (κ3) is 3.57. The van der Waals surface area contributed by atoms with Crippen molar-refractivity contribution in [1.29, 1.82) is 0 Å². The standard InChI is InChI=1S/C21H28N4O2/c1-24-18-11-5-4-10-17(18)23-19(24)14-22-20(26)15-8-2-3-9-16(15)21(27)25-12-6-7-13-25/h4-5,10-11,15-16H,2-3,6-9,12-14H2,1H3,(H,22,26). The molecule has 0 spiro atoms. The highest BCUT2D eigenvalue weighted by Gasteiger charge is 2.38. The smallest absolute Gasteiger partial charge is 0.226 e. The first-order valence-electron chi connectivity index (χ1n) is 10.1. The summed E-state index contributed by atoms with van der Waals surface area (Å²) in [7, 11) is 1.97. The molecule has 1 saturated heterocycles. The van der Waals surface area contributed by atoms with Gasteiger partial charge in [-0.2, -0.15) is 0 Å². The summed E-state index contributed by atoms with van der Waals surface area (Å²) in [6.07, 6.45) is 5.87. The lowest BCUT2D eigenvalue weighted by Crippen LogP contribution is -2.44. The van der Waals surface area contributed by atoms with Gasteiger partial charge in [0.25, 0.3) is 0 Å². The molecule has 6 heteroatoms. The van der Waals surface area contributed by atoms with Gasteiger partial charge in [0, 0.05) is 32.0 Å². The minimum Gasteiger partial charge on any atom is -0.349 e. The van der Waals surface area contributed by atoms with Gasteiger partial charge in [0.15, 0.2) is 0 Å². The molecule has 2 amide bonds. The van der Waals surface area contributed by atoms with Gasteiger partial charge < -0.3 is 14.8 Å². The molecule has 4 rings (SSSR count). The molecule has 1 aliphatic heterocycles. The van der Waals surface area contributed by atoms with Crippen LogP contribution in [-0.2, 0) is 23.2 Å². The highest BCUT2D eigenvalue weighted by atomic mass is 16.2. The maximum atomic E-state index is 12.9. The first-order chi connectivity index (χ1) is 13.1. The molecule has 2 atom stereocenters. The summed E-state index contributed by atoms with van der Waals surface area (Å²) < 4.78 is 2.02. The second kappa shape index (κ2) is 7.71. The number of carbonyl (C=O) groups is 2. The molecule has 2 aromatic rings. The normalized spacial score (nSPS) is 22.9. The number of nitrogens with one attached hydrogen (secondary N) is 1. The van der Waals surface area contributed by atoms with Crippen LogP contribution in [-0.4, -0.2) is 39.4 Å². The number of fused-ring (bicyclic) bond motifs is 1. The van der Waals surface area contributed by atoms with E-state index < -0.39 is 0 Å². The fourth-order valence-corrected chi connectivity index (χ4v) is 4.56. The Labute approximate surface area is 159 Å². The van der Waals surface area contributed by atoms with E-state index in [4.69, 9.17) is 0 Å². The van der Waals surface area contributed by atoms with Crippen LogP contribution in [0, 0.1) is 11.8 Å². The van der Waals surface area contributed by atoms with E-state index in [1.807, 2.05) is 40.8 Å². The highest BCUT2D eigenvalue weighted by Crippen LogP contribution is 2.32. The van der Waals surface area contributed by atoms with Crippen LogP contribution >= 0.6 is 0 Å². The third-order valence-corrected chi connectivity index (χ3v) is 6.14. The molecule has 0 radical (unpaired) electrons. The molecule has 2 aliphatic rings. The first-order valence-corrected chi connectivity index (χ1v) is 10.1. The Hall–Kier alpha value is -2.37. The van der Waals surface area contributed by atoms with Gasteiger partial charge in [0.1, 0.15) is 5.82 Å². The van der Waals surface area contributed by atoms with Gasteiger partial charge in [0.05, 0.1) is 17.6 Å². The van der Waals surface area contributed by atoms with E-state index in [0.29, 0.717) is 6.54 Å². The summed E-state index contributed by atoms with van der Waals surface area (Å²) in [5.41, 5.74) is 1.99. The van der Waals surface area contributed by atoms with Gasteiger partial charge in [-0.3, -0.25) is 9.59 Å². The van der Waals surface area contributed by atoms with Gasteiger partial charge in [-0.1, -0.05) is 25.0 Å². The number of amides is 2. The molecule has 2 fully saturated rings. The molecule has 1 saturated carbocycles. The lowest BCUT2D eigenvalue weighted by Gasteiger charge is -2.32. The average Bonchev–Trinajstić information content (AvgIpc) is 3.34. The molecular formula is C21H28N4O2. The van der Waals surface area contributed by atoms with E-state index in [0.717, 1.165) is 68.5 Å². The van der Waals surface area contributed by atoms with Crippen molar-refractivity contribution < 1.29 is 9.59 Å². The topological polar surface area (TPSA) is 67.2 Å². The van der Waals surface area contributed by atoms with Crippen LogP contribution in [0.3, 0.4) is 0 Å². The van der Waals surface area contributed by atoms with Crippen LogP contribution < -0.4 is 5.32 Å². The van der Waals surface area contributed by atoms with Crippen molar-refractivity contribution in [1.82, 2.24) is 19.8 Å². The maximum Gasteiger partial charge on any atom is 0.226 e. The second-order valence-corrected chi connectivity index (χ2v) is 7.82. The van der Waals surface area contributed by atoms with Crippen LogP contribution in [0.25, 0.3) is 11.0 Å². The number of aromatic nitrogens is 2. The molecule has 27 heavy (non-hydrogen) atoms. The van der Waals surface area contributed by atoms with E-state index in [1.165, 1.54) is 0 Å². The minimum absolute atomic E-state index is 0.000645. The van der Waals surface area contributed by atoms with E-state index in [1.54, 1.807) is 0 Å². The minimum atomic E-state index is -0.207. The summed E-state index contributed by atoms with van der Waals surface area (Å²) in [6, 6.07) is 7.96. The van der Waals surface area contributed by atoms with Crippen molar-refractivity contribution in [2.75, 3.05) is 13.1 Å². The second-order valence-electron chi connectivity index (χ2n) is 7.82. The lowest BCUT2D eigenvalue weighted by molar-refractivity contribution is -0.142. The van der Waals surface area contributed by atoms with E-state index >= 15 is 0 Å². The fourth-order valence-electron chi connectivity index (χ4n) is 4.56. The van der Waals surface area contributed by atoms with Gasteiger partial charge in [-0.15, -0.1) is 0 Å². The molecule has 2 heterocycles. The molecule has 1 aromatic carbocycles. The lowest BCUT2D eigenvalue weighted by atomic mass is 9.78. The Morgan fingerprint density at radius 3 is 2.52 bits per heavy atom. The summed E-state index contributed by atoms with van der Waals surface area (Å²) in [4.78, 5) is 32.4.